The van der Waals surface area contributed by atoms with Crippen LogP contribution in [0.5, 0.6) is 5.75 Å². The van der Waals surface area contributed by atoms with Gasteiger partial charge in [-0.1, -0.05) is 0 Å². The number of carbonyl (C=O) groups excluding carboxylic acids is 2. The normalized spacial score (nSPS) is 14.6. The lowest BCUT2D eigenvalue weighted by Gasteiger charge is -2.22. The van der Waals surface area contributed by atoms with Gasteiger partial charge in [0.2, 0.25) is 0 Å². The number of ketones is 1. The van der Waals surface area contributed by atoms with E-state index in [-0.39, 0.29) is 5.54 Å². The first-order valence-electron chi connectivity index (χ1n) is 7.13. The van der Waals surface area contributed by atoms with Crippen LogP contribution in [0.25, 0.3) is 0 Å². The van der Waals surface area contributed by atoms with Crippen LogP contribution in [-0.4, -0.2) is 37.4 Å². The summed E-state index contributed by atoms with van der Waals surface area (Å²) in [4.78, 5) is 25.6. The maximum absolute atomic E-state index is 12.1. The Morgan fingerprint density at radius 1 is 1.24 bits per heavy atom. The Balaban J connectivity index is 2.07. The van der Waals surface area contributed by atoms with E-state index < -0.39 is 11.7 Å². The molecule has 2 rings (SSSR count). The van der Waals surface area contributed by atoms with Crippen LogP contribution in [0.2, 0.25) is 0 Å². The zero-order valence-corrected chi connectivity index (χ0v) is 13.0. The van der Waals surface area contributed by atoms with Gasteiger partial charge in [0, 0.05) is 18.2 Å². The maximum Gasteiger partial charge on any atom is 0.299 e. The predicted molar refractivity (Wildman–Crippen MR) is 82.1 cm³/mol. The van der Waals surface area contributed by atoms with E-state index in [2.05, 4.69) is 26.1 Å². The van der Waals surface area contributed by atoms with Gasteiger partial charge in [-0.25, -0.2) is 0 Å². The average molecular weight is 290 g/mol. The van der Waals surface area contributed by atoms with Gasteiger partial charge >= 0.3 is 0 Å². The summed E-state index contributed by atoms with van der Waals surface area (Å²) in [6, 6.07) is 5.10. The SMILES string of the molecule is COc1ccc2c(c1)N(CCCNC(C)(C)C)C(=O)C2=O. The number of hydrogen-bond donors (Lipinski definition) is 1. The average Bonchev–Trinajstić information content (AvgIpc) is 2.66. The Morgan fingerprint density at radius 3 is 2.57 bits per heavy atom. The number of methoxy groups -OCH3 is 1. The van der Waals surface area contributed by atoms with Gasteiger partial charge in [0.05, 0.1) is 18.4 Å². The number of ether oxygens (including phenoxy) is 1. The Hall–Kier alpha value is -1.88. The van der Waals surface area contributed by atoms with E-state index in [1.165, 1.54) is 0 Å². The van der Waals surface area contributed by atoms with Crippen molar-refractivity contribution in [2.75, 3.05) is 25.1 Å². The number of Topliss-reactive ketones (excluding diaryl/α,β-unsaturated/α-hetero) is 1. The fourth-order valence-corrected chi connectivity index (χ4v) is 2.32. The lowest BCUT2D eigenvalue weighted by molar-refractivity contribution is -0.114. The molecule has 0 aliphatic carbocycles. The van der Waals surface area contributed by atoms with Gasteiger partial charge in [0.25, 0.3) is 11.7 Å². The predicted octanol–water partition coefficient (Wildman–Crippen LogP) is 2.00. The van der Waals surface area contributed by atoms with Crippen LogP contribution < -0.4 is 15.0 Å². The van der Waals surface area contributed by atoms with Crippen molar-refractivity contribution < 1.29 is 14.3 Å². The van der Waals surface area contributed by atoms with Crippen molar-refractivity contribution in [3.8, 4) is 5.75 Å². The van der Waals surface area contributed by atoms with Crippen molar-refractivity contribution in [1.82, 2.24) is 5.32 Å². The Bertz CT molecular complexity index is 561. The number of fused-ring (bicyclic) bond motifs is 1. The van der Waals surface area contributed by atoms with Gasteiger partial charge in [-0.05, 0) is 45.9 Å². The minimum atomic E-state index is -0.450. The Kier molecular flexibility index (Phi) is 4.32. The van der Waals surface area contributed by atoms with Crippen LogP contribution in [0, 0.1) is 0 Å². The third-order valence-electron chi connectivity index (χ3n) is 3.39. The van der Waals surface area contributed by atoms with Crippen LogP contribution in [0.1, 0.15) is 37.6 Å². The summed E-state index contributed by atoms with van der Waals surface area (Å²) in [5.74, 6) is -0.237. The number of nitrogens with one attached hydrogen (secondary N) is 1. The smallest absolute Gasteiger partial charge is 0.299 e. The van der Waals surface area contributed by atoms with E-state index in [9.17, 15) is 9.59 Å². The molecule has 0 saturated heterocycles. The van der Waals surface area contributed by atoms with Crippen molar-refractivity contribution in [2.45, 2.75) is 32.7 Å². The van der Waals surface area contributed by atoms with Gasteiger partial charge in [0.15, 0.2) is 0 Å². The molecule has 0 fully saturated rings. The summed E-state index contributed by atoms with van der Waals surface area (Å²) in [5, 5.41) is 3.37. The zero-order chi connectivity index (χ0) is 15.6. The van der Waals surface area contributed by atoms with Crippen LogP contribution >= 0.6 is 0 Å². The molecule has 0 radical (unpaired) electrons. The molecular formula is C16H22N2O3. The van der Waals surface area contributed by atoms with Crippen LogP contribution in [0.15, 0.2) is 18.2 Å². The Morgan fingerprint density at radius 2 is 1.95 bits per heavy atom. The summed E-state index contributed by atoms with van der Waals surface area (Å²) in [5.41, 5.74) is 1.16. The maximum atomic E-state index is 12.1. The third kappa shape index (κ3) is 3.42. The highest BCUT2D eigenvalue weighted by molar-refractivity contribution is 6.52. The van der Waals surface area contributed by atoms with E-state index in [1.807, 2.05) is 0 Å². The van der Waals surface area contributed by atoms with Crippen molar-refractivity contribution >= 4 is 17.4 Å². The molecule has 21 heavy (non-hydrogen) atoms. The van der Waals surface area contributed by atoms with Gasteiger partial charge in [-0.2, -0.15) is 0 Å². The largest absolute Gasteiger partial charge is 0.497 e. The quantitative estimate of drug-likeness (QED) is 0.665. The molecule has 1 aliphatic heterocycles. The number of nitrogens with zero attached hydrogens (tertiary/aromatic N) is 1. The lowest BCUT2D eigenvalue weighted by atomic mass is 10.1. The summed E-state index contributed by atoms with van der Waals surface area (Å²) in [6.07, 6.45) is 0.785. The summed E-state index contributed by atoms with van der Waals surface area (Å²) in [6.45, 7) is 7.60. The van der Waals surface area contributed by atoms with Crippen molar-refractivity contribution in [1.29, 1.82) is 0 Å². The fourth-order valence-electron chi connectivity index (χ4n) is 2.32. The third-order valence-corrected chi connectivity index (χ3v) is 3.39. The Labute approximate surface area is 125 Å². The minimum Gasteiger partial charge on any atom is -0.497 e. The van der Waals surface area contributed by atoms with Crippen LogP contribution in [0.4, 0.5) is 5.69 Å². The van der Waals surface area contributed by atoms with E-state index in [0.29, 0.717) is 23.5 Å². The molecule has 0 bridgehead atoms. The first kappa shape index (κ1) is 15.5. The molecule has 1 aromatic carbocycles. The molecule has 0 atom stereocenters. The molecule has 0 unspecified atom stereocenters. The molecule has 114 valence electrons. The summed E-state index contributed by atoms with van der Waals surface area (Å²) >= 11 is 0. The molecule has 5 heteroatoms. The first-order valence-corrected chi connectivity index (χ1v) is 7.13. The second-order valence-electron chi connectivity index (χ2n) is 6.20. The van der Waals surface area contributed by atoms with E-state index in [4.69, 9.17) is 4.74 Å². The molecule has 5 nitrogen and oxygen atoms in total. The minimum absolute atomic E-state index is 0.0476. The molecular weight excluding hydrogens is 268 g/mol. The molecule has 1 aromatic rings. The highest BCUT2D eigenvalue weighted by atomic mass is 16.5. The summed E-state index contributed by atoms with van der Waals surface area (Å²) < 4.78 is 5.17. The molecule has 0 saturated carbocycles. The standard InChI is InChI=1S/C16H22N2O3/c1-16(2,3)17-8-5-9-18-13-10-11(21-4)6-7-12(13)14(19)15(18)20/h6-7,10,17H,5,8-9H2,1-4H3. The molecule has 1 aliphatic rings. The van der Waals surface area contributed by atoms with E-state index in [1.54, 1.807) is 30.2 Å². The fraction of sp³-hybridized carbons (Fsp3) is 0.500. The number of benzene rings is 1. The van der Waals surface area contributed by atoms with Crippen molar-refractivity contribution in [3.63, 3.8) is 0 Å². The highest BCUT2D eigenvalue weighted by Crippen LogP contribution is 2.32. The number of hydrogen-bond acceptors (Lipinski definition) is 4. The van der Waals surface area contributed by atoms with Gasteiger partial charge in [-0.3, -0.25) is 9.59 Å². The summed E-state index contributed by atoms with van der Waals surface area (Å²) in [7, 11) is 1.57. The number of carbonyl (C=O) groups is 2. The molecule has 1 heterocycles. The number of amides is 1. The number of anilines is 1. The first-order chi connectivity index (χ1) is 9.83. The van der Waals surface area contributed by atoms with E-state index in [0.717, 1.165) is 13.0 Å². The van der Waals surface area contributed by atoms with Gasteiger partial charge in [0.1, 0.15) is 5.75 Å². The van der Waals surface area contributed by atoms with Crippen molar-refractivity contribution in [3.05, 3.63) is 23.8 Å². The number of rotatable bonds is 5. The molecule has 1 N–H and O–H groups in total. The topological polar surface area (TPSA) is 58.6 Å². The highest BCUT2D eigenvalue weighted by Gasteiger charge is 2.35. The van der Waals surface area contributed by atoms with Gasteiger partial charge < -0.3 is 15.0 Å². The van der Waals surface area contributed by atoms with Gasteiger partial charge in [-0.15, -0.1) is 0 Å². The zero-order valence-electron chi connectivity index (χ0n) is 13.0. The van der Waals surface area contributed by atoms with E-state index >= 15 is 0 Å². The molecule has 0 aromatic heterocycles. The second-order valence-corrected chi connectivity index (χ2v) is 6.20. The second kappa shape index (κ2) is 5.85. The van der Waals surface area contributed by atoms with Crippen molar-refractivity contribution in [2.24, 2.45) is 0 Å². The molecule has 0 spiro atoms. The van der Waals surface area contributed by atoms with Crippen LogP contribution in [0.3, 0.4) is 0 Å². The monoisotopic (exact) mass is 290 g/mol. The molecule has 1 amide bonds. The lowest BCUT2D eigenvalue weighted by Crippen LogP contribution is -2.38. The van der Waals surface area contributed by atoms with Crippen LogP contribution in [-0.2, 0) is 4.79 Å².